The van der Waals surface area contributed by atoms with Gasteiger partial charge >= 0.3 is 12.4 Å². The van der Waals surface area contributed by atoms with Gasteiger partial charge in [0.2, 0.25) is 0 Å². The first-order valence-corrected chi connectivity index (χ1v) is 3.69. The topological polar surface area (TPSA) is 0 Å². The van der Waals surface area contributed by atoms with Crippen LogP contribution < -0.4 is 0 Å². The molecule has 80 valence electrons. The van der Waals surface area contributed by atoms with E-state index in [0.717, 1.165) is 0 Å². The summed E-state index contributed by atoms with van der Waals surface area (Å²) >= 11 is 0. The van der Waals surface area contributed by atoms with E-state index in [1.54, 1.807) is 0 Å². The Morgan fingerprint density at radius 1 is 0.846 bits per heavy atom. The van der Waals surface area contributed by atoms with Crippen molar-refractivity contribution in [1.82, 2.24) is 0 Å². The maximum absolute atomic E-state index is 12.1. The van der Waals surface area contributed by atoms with Crippen LogP contribution >= 0.6 is 0 Å². The first-order valence-electron chi connectivity index (χ1n) is 3.69. The van der Waals surface area contributed by atoms with Crippen LogP contribution in [0.3, 0.4) is 0 Å². The predicted molar refractivity (Wildman–Crippen MR) is 35.1 cm³/mol. The Labute approximate surface area is 71.9 Å². The lowest BCUT2D eigenvalue weighted by Crippen LogP contribution is -2.47. The van der Waals surface area contributed by atoms with Gasteiger partial charge in [-0.15, -0.1) is 0 Å². The van der Waals surface area contributed by atoms with E-state index in [2.05, 4.69) is 0 Å². The molecule has 0 saturated heterocycles. The van der Waals surface area contributed by atoms with Gasteiger partial charge in [0.15, 0.2) is 5.41 Å². The highest BCUT2D eigenvalue weighted by atomic mass is 19.4. The lowest BCUT2D eigenvalue weighted by molar-refractivity contribution is -0.336. The van der Waals surface area contributed by atoms with Crippen molar-refractivity contribution in [3.8, 4) is 0 Å². The third kappa shape index (κ3) is 2.28. The molecule has 0 aromatic heterocycles. The maximum Gasteiger partial charge on any atom is 0.402 e. The largest absolute Gasteiger partial charge is 0.402 e. The second-order valence-electron chi connectivity index (χ2n) is 3.08. The van der Waals surface area contributed by atoms with Crippen molar-refractivity contribution in [3.63, 3.8) is 0 Å². The van der Waals surface area contributed by atoms with E-state index in [-0.39, 0.29) is 13.3 Å². The van der Waals surface area contributed by atoms with Gasteiger partial charge in [-0.2, -0.15) is 26.3 Å². The van der Waals surface area contributed by atoms with Gasteiger partial charge < -0.3 is 0 Å². The van der Waals surface area contributed by atoms with Crippen molar-refractivity contribution in [2.45, 2.75) is 39.0 Å². The third-order valence-corrected chi connectivity index (χ3v) is 2.00. The zero-order valence-electron chi connectivity index (χ0n) is 7.18. The fraction of sp³-hybridized carbons (Fsp3) is 1.00. The van der Waals surface area contributed by atoms with Gasteiger partial charge in [0.05, 0.1) is 0 Å². The van der Waals surface area contributed by atoms with Gasteiger partial charge in [-0.25, -0.2) is 0 Å². The first kappa shape index (κ1) is 12.6. The van der Waals surface area contributed by atoms with Gasteiger partial charge in [0.1, 0.15) is 0 Å². The summed E-state index contributed by atoms with van der Waals surface area (Å²) in [6.07, 6.45) is -11.6. The Balaban J connectivity index is 4.96. The molecule has 0 saturated carbocycles. The minimum atomic E-state index is -5.23. The fourth-order valence-corrected chi connectivity index (χ4v) is 0.944. The van der Waals surface area contributed by atoms with Gasteiger partial charge in [-0.1, -0.05) is 13.3 Å². The van der Waals surface area contributed by atoms with Crippen molar-refractivity contribution in [2.75, 3.05) is 0 Å². The number of alkyl halides is 6. The van der Waals surface area contributed by atoms with E-state index in [4.69, 9.17) is 0 Å². The average Bonchev–Trinajstić information content (AvgIpc) is 1.82. The van der Waals surface area contributed by atoms with Crippen LogP contribution in [0.1, 0.15) is 26.7 Å². The monoisotopic (exact) mass is 208 g/mol. The zero-order chi connectivity index (χ0) is 10.9. The minimum Gasteiger partial charge on any atom is -0.170 e. The summed E-state index contributed by atoms with van der Waals surface area (Å²) in [5.74, 6) is 0. The smallest absolute Gasteiger partial charge is 0.170 e. The van der Waals surface area contributed by atoms with Crippen molar-refractivity contribution in [3.05, 3.63) is 0 Å². The lowest BCUT2D eigenvalue weighted by Gasteiger charge is -2.33. The molecule has 0 aliphatic carbocycles. The summed E-state index contributed by atoms with van der Waals surface area (Å²) in [6.45, 7) is 1.48. The second kappa shape index (κ2) is 3.38. The summed E-state index contributed by atoms with van der Waals surface area (Å²) < 4.78 is 72.4. The highest BCUT2D eigenvalue weighted by molar-refractivity contribution is 4.88. The normalized spacial score (nSPS) is 14.8. The van der Waals surface area contributed by atoms with Crippen LogP contribution in [-0.4, -0.2) is 12.4 Å². The van der Waals surface area contributed by atoms with Crippen molar-refractivity contribution in [2.24, 2.45) is 5.41 Å². The molecular weight excluding hydrogens is 198 g/mol. The summed E-state index contributed by atoms with van der Waals surface area (Å²) in [6, 6.07) is 0. The highest BCUT2D eigenvalue weighted by Gasteiger charge is 2.66. The molecule has 0 aromatic rings. The van der Waals surface area contributed by atoms with E-state index in [0.29, 0.717) is 0 Å². The Hall–Kier alpha value is -0.420. The standard InChI is InChI=1S/C7H10F6/c1-3-4-5(2,6(8,9)10)7(11,12)13/h3-4H2,1-2H3. The van der Waals surface area contributed by atoms with Crippen LogP contribution in [0.15, 0.2) is 0 Å². The van der Waals surface area contributed by atoms with Crippen molar-refractivity contribution in [1.29, 1.82) is 0 Å². The Bertz CT molecular complexity index is 151. The van der Waals surface area contributed by atoms with Crippen LogP contribution in [0.4, 0.5) is 26.3 Å². The molecule has 0 nitrogen and oxygen atoms in total. The number of hydrogen-bond acceptors (Lipinski definition) is 0. The molecule has 0 rings (SSSR count). The average molecular weight is 208 g/mol. The molecule has 0 radical (unpaired) electrons. The molecule has 0 amide bonds. The summed E-state index contributed by atoms with van der Waals surface area (Å²) in [7, 11) is 0. The third-order valence-electron chi connectivity index (χ3n) is 2.00. The van der Waals surface area contributed by atoms with Crippen LogP contribution in [0.2, 0.25) is 0 Å². The van der Waals surface area contributed by atoms with Crippen molar-refractivity contribution >= 4 is 0 Å². The molecule has 0 spiro atoms. The molecule has 0 heterocycles. The van der Waals surface area contributed by atoms with Crippen LogP contribution in [0.5, 0.6) is 0 Å². The SMILES string of the molecule is CCCC(C)(C(F)(F)F)C(F)(F)F. The van der Waals surface area contributed by atoms with E-state index in [1.807, 2.05) is 0 Å². The van der Waals surface area contributed by atoms with E-state index < -0.39 is 24.2 Å². The lowest BCUT2D eigenvalue weighted by atomic mass is 9.84. The minimum absolute atomic E-state index is 0.157. The molecule has 0 N–H and O–H groups in total. The van der Waals surface area contributed by atoms with E-state index in [9.17, 15) is 26.3 Å². The van der Waals surface area contributed by atoms with Crippen LogP contribution in [-0.2, 0) is 0 Å². The van der Waals surface area contributed by atoms with Gasteiger partial charge in [0.25, 0.3) is 0 Å². The quantitative estimate of drug-likeness (QED) is 0.603. The Kier molecular flexibility index (Phi) is 3.27. The first-order chi connectivity index (χ1) is 5.56. The number of halogens is 6. The number of rotatable bonds is 2. The molecule has 0 atom stereocenters. The number of hydrogen-bond donors (Lipinski definition) is 0. The molecule has 0 fully saturated rings. The molecule has 0 aliphatic heterocycles. The highest BCUT2D eigenvalue weighted by Crippen LogP contribution is 2.52. The molecular formula is C7H10F6. The van der Waals surface area contributed by atoms with Gasteiger partial charge in [-0.05, 0) is 13.3 Å². The van der Waals surface area contributed by atoms with E-state index in [1.165, 1.54) is 6.92 Å². The van der Waals surface area contributed by atoms with Gasteiger partial charge in [0, 0.05) is 0 Å². The molecule has 13 heavy (non-hydrogen) atoms. The predicted octanol–water partition coefficient (Wildman–Crippen LogP) is 3.92. The fourth-order valence-electron chi connectivity index (χ4n) is 0.944. The van der Waals surface area contributed by atoms with E-state index >= 15 is 0 Å². The summed E-state index contributed by atoms with van der Waals surface area (Å²) in [4.78, 5) is 0. The molecule has 0 unspecified atom stereocenters. The molecule has 0 bridgehead atoms. The summed E-state index contributed by atoms with van der Waals surface area (Å²) in [5, 5.41) is 0. The molecule has 0 aromatic carbocycles. The zero-order valence-corrected chi connectivity index (χ0v) is 7.18. The second-order valence-corrected chi connectivity index (χ2v) is 3.08. The van der Waals surface area contributed by atoms with Crippen LogP contribution in [0.25, 0.3) is 0 Å². The van der Waals surface area contributed by atoms with Crippen molar-refractivity contribution < 1.29 is 26.3 Å². The van der Waals surface area contributed by atoms with Gasteiger partial charge in [-0.3, -0.25) is 0 Å². The Morgan fingerprint density at radius 2 is 1.15 bits per heavy atom. The summed E-state index contributed by atoms with van der Waals surface area (Å²) in [5.41, 5.74) is -3.57. The Morgan fingerprint density at radius 3 is 1.23 bits per heavy atom. The molecule has 0 aliphatic rings. The maximum atomic E-state index is 12.1. The van der Waals surface area contributed by atoms with Crippen LogP contribution in [0, 0.1) is 5.41 Å². The molecule has 6 heteroatoms.